The molecule has 0 fully saturated rings. The summed E-state index contributed by atoms with van der Waals surface area (Å²) in [4.78, 5) is 0. The first-order chi connectivity index (χ1) is 9.09. The van der Waals surface area contributed by atoms with Crippen LogP contribution in [0.15, 0.2) is 18.2 Å². The Morgan fingerprint density at radius 3 is 1.70 bits per heavy atom. The van der Waals surface area contributed by atoms with Crippen molar-refractivity contribution in [3.05, 3.63) is 18.2 Å². The molecule has 0 saturated carbocycles. The molecule has 0 aliphatic carbocycles. The number of anilines is 1. The van der Waals surface area contributed by atoms with Crippen molar-refractivity contribution in [1.82, 2.24) is 0 Å². The van der Waals surface area contributed by atoms with E-state index in [0.717, 1.165) is 12.1 Å². The van der Waals surface area contributed by atoms with Crippen LogP contribution < -0.4 is 14.8 Å². The normalized spacial score (nSPS) is 12.2. The van der Waals surface area contributed by atoms with Crippen LogP contribution in [0.1, 0.15) is 13.3 Å². The van der Waals surface area contributed by atoms with E-state index < -0.39 is 24.2 Å². The fourth-order valence-corrected chi connectivity index (χ4v) is 1.33. The summed E-state index contributed by atoms with van der Waals surface area (Å²) in [5, 5.41) is 2.65. The molecule has 114 valence electrons. The van der Waals surface area contributed by atoms with Gasteiger partial charge >= 0.3 is 12.7 Å². The summed E-state index contributed by atoms with van der Waals surface area (Å²) in [6, 6.07) is 2.39. The van der Waals surface area contributed by atoms with Crippen molar-refractivity contribution in [3.63, 3.8) is 0 Å². The van der Waals surface area contributed by atoms with Crippen LogP contribution in [0.4, 0.5) is 32.0 Å². The van der Waals surface area contributed by atoms with Gasteiger partial charge in [-0.3, -0.25) is 0 Å². The third-order valence-corrected chi connectivity index (χ3v) is 1.93. The zero-order valence-corrected chi connectivity index (χ0v) is 10.2. The van der Waals surface area contributed by atoms with Crippen LogP contribution in [0.3, 0.4) is 0 Å². The van der Waals surface area contributed by atoms with E-state index in [-0.39, 0.29) is 5.69 Å². The molecule has 1 rings (SSSR count). The average molecular weight is 303 g/mol. The van der Waals surface area contributed by atoms with Crippen molar-refractivity contribution < 1.29 is 35.8 Å². The predicted octanol–water partition coefficient (Wildman–Crippen LogP) is 4.31. The Labute approximate surface area is 110 Å². The maximum atomic E-state index is 12.1. The molecule has 0 unspecified atom stereocenters. The first kappa shape index (κ1) is 16.3. The fourth-order valence-electron chi connectivity index (χ4n) is 1.33. The lowest BCUT2D eigenvalue weighted by molar-refractivity contribution is -0.276. The molecule has 20 heavy (non-hydrogen) atoms. The maximum absolute atomic E-state index is 12.1. The molecule has 3 nitrogen and oxygen atoms in total. The van der Waals surface area contributed by atoms with E-state index in [0.29, 0.717) is 19.0 Å². The van der Waals surface area contributed by atoms with Crippen LogP contribution >= 0.6 is 0 Å². The molecule has 0 aromatic heterocycles. The second-order valence-corrected chi connectivity index (χ2v) is 3.72. The Morgan fingerprint density at radius 2 is 1.35 bits per heavy atom. The molecule has 0 saturated heterocycles. The number of benzene rings is 1. The number of hydrogen-bond acceptors (Lipinski definition) is 3. The standard InChI is InChI=1S/C11H11F6NO2/c1-2-3-18-7-4-8(19-10(12,13)14)6-9(5-7)20-11(15,16)17/h4-6,18H,2-3H2,1H3. The summed E-state index contributed by atoms with van der Waals surface area (Å²) in [6.07, 6.45) is -9.36. The molecule has 1 N–H and O–H groups in total. The lowest BCUT2D eigenvalue weighted by atomic mass is 10.2. The van der Waals surface area contributed by atoms with Crippen LogP contribution in [0.5, 0.6) is 11.5 Å². The molecular weight excluding hydrogens is 292 g/mol. The number of rotatable bonds is 5. The summed E-state index contributed by atoms with van der Waals surface area (Å²) in [5.41, 5.74) is 0.0350. The lowest BCUT2D eigenvalue weighted by Gasteiger charge is -2.15. The van der Waals surface area contributed by atoms with Gasteiger partial charge in [0.1, 0.15) is 11.5 Å². The van der Waals surface area contributed by atoms with Gasteiger partial charge in [0.2, 0.25) is 0 Å². The first-order valence-electron chi connectivity index (χ1n) is 5.49. The van der Waals surface area contributed by atoms with Gasteiger partial charge in [0.15, 0.2) is 0 Å². The quantitative estimate of drug-likeness (QED) is 0.822. The molecule has 0 amide bonds. The minimum atomic E-state index is -5.00. The van der Waals surface area contributed by atoms with E-state index in [4.69, 9.17) is 0 Å². The molecule has 9 heteroatoms. The SMILES string of the molecule is CCCNc1cc(OC(F)(F)F)cc(OC(F)(F)F)c1. The van der Waals surface area contributed by atoms with E-state index in [9.17, 15) is 26.3 Å². The summed E-state index contributed by atoms with van der Waals surface area (Å²) in [7, 11) is 0. The van der Waals surface area contributed by atoms with E-state index in [1.165, 1.54) is 0 Å². The second kappa shape index (κ2) is 6.10. The number of hydrogen-bond donors (Lipinski definition) is 1. The van der Waals surface area contributed by atoms with Crippen molar-refractivity contribution in [2.24, 2.45) is 0 Å². The Morgan fingerprint density at radius 1 is 0.900 bits per heavy atom. The third kappa shape index (κ3) is 6.39. The highest BCUT2D eigenvalue weighted by Gasteiger charge is 2.33. The predicted molar refractivity (Wildman–Crippen MR) is 58.6 cm³/mol. The van der Waals surface area contributed by atoms with Gasteiger partial charge in [0, 0.05) is 30.4 Å². The van der Waals surface area contributed by atoms with Crippen LogP contribution in [0.2, 0.25) is 0 Å². The zero-order valence-electron chi connectivity index (χ0n) is 10.2. The maximum Gasteiger partial charge on any atom is 0.573 e. The molecule has 0 aliphatic heterocycles. The molecule has 0 heterocycles. The topological polar surface area (TPSA) is 30.5 Å². The van der Waals surface area contributed by atoms with Crippen molar-refractivity contribution in [3.8, 4) is 11.5 Å². The summed E-state index contributed by atoms with van der Waals surface area (Å²) in [6.45, 7) is 2.16. The van der Waals surface area contributed by atoms with Crippen LogP contribution in [0, 0.1) is 0 Å². The molecule has 0 aliphatic rings. The van der Waals surface area contributed by atoms with E-state index >= 15 is 0 Å². The smallest absolute Gasteiger partial charge is 0.406 e. The number of ether oxygens (including phenoxy) is 2. The van der Waals surface area contributed by atoms with Gasteiger partial charge in [-0.2, -0.15) is 0 Å². The van der Waals surface area contributed by atoms with Gasteiger partial charge in [0.05, 0.1) is 0 Å². The Bertz CT molecular complexity index is 409. The molecule has 0 atom stereocenters. The molecule has 0 spiro atoms. The highest BCUT2D eigenvalue weighted by Crippen LogP contribution is 2.33. The van der Waals surface area contributed by atoms with E-state index in [1.54, 1.807) is 6.92 Å². The Kier molecular flexibility index (Phi) is 4.96. The highest BCUT2D eigenvalue weighted by atomic mass is 19.4. The van der Waals surface area contributed by atoms with E-state index in [1.807, 2.05) is 0 Å². The minimum absolute atomic E-state index is 0.0350. The van der Waals surface area contributed by atoms with Crippen LogP contribution in [-0.4, -0.2) is 19.3 Å². The van der Waals surface area contributed by atoms with Gasteiger partial charge in [-0.05, 0) is 6.42 Å². The lowest BCUT2D eigenvalue weighted by Crippen LogP contribution is -2.19. The molecule has 1 aromatic rings. The Hall–Kier alpha value is -1.80. The number of alkyl halides is 6. The largest absolute Gasteiger partial charge is 0.573 e. The first-order valence-corrected chi connectivity index (χ1v) is 5.49. The minimum Gasteiger partial charge on any atom is -0.406 e. The molecule has 0 bridgehead atoms. The molecular formula is C11H11F6NO2. The van der Waals surface area contributed by atoms with Crippen molar-refractivity contribution >= 4 is 5.69 Å². The second-order valence-electron chi connectivity index (χ2n) is 3.72. The van der Waals surface area contributed by atoms with Crippen LogP contribution in [0.25, 0.3) is 0 Å². The van der Waals surface area contributed by atoms with Gasteiger partial charge in [-0.25, -0.2) is 0 Å². The summed E-state index contributed by atoms with van der Waals surface area (Å²) < 4.78 is 79.7. The van der Waals surface area contributed by atoms with Gasteiger partial charge in [-0.1, -0.05) is 6.92 Å². The number of halogens is 6. The van der Waals surface area contributed by atoms with Crippen molar-refractivity contribution in [2.75, 3.05) is 11.9 Å². The third-order valence-electron chi connectivity index (χ3n) is 1.93. The number of nitrogens with one attached hydrogen (secondary N) is 1. The molecule has 1 aromatic carbocycles. The summed E-state index contributed by atoms with van der Waals surface area (Å²) >= 11 is 0. The fraction of sp³-hybridized carbons (Fsp3) is 0.455. The van der Waals surface area contributed by atoms with E-state index in [2.05, 4.69) is 14.8 Å². The Balaban J connectivity index is 3.01. The van der Waals surface area contributed by atoms with Gasteiger partial charge < -0.3 is 14.8 Å². The highest BCUT2D eigenvalue weighted by molar-refractivity contribution is 5.53. The summed E-state index contributed by atoms with van der Waals surface area (Å²) in [5.74, 6) is -1.59. The van der Waals surface area contributed by atoms with Gasteiger partial charge in [0.25, 0.3) is 0 Å². The average Bonchev–Trinajstić information content (AvgIpc) is 2.21. The zero-order chi connectivity index (χ0) is 15.4. The van der Waals surface area contributed by atoms with Crippen LogP contribution in [-0.2, 0) is 0 Å². The van der Waals surface area contributed by atoms with Gasteiger partial charge in [-0.15, -0.1) is 26.3 Å². The van der Waals surface area contributed by atoms with Crippen molar-refractivity contribution in [2.45, 2.75) is 26.1 Å². The monoisotopic (exact) mass is 303 g/mol. The van der Waals surface area contributed by atoms with Crippen molar-refractivity contribution in [1.29, 1.82) is 0 Å². The molecule has 0 radical (unpaired) electrons.